The minimum Gasteiger partial charge on any atom is -0.493 e. The number of amides is 4. The summed E-state index contributed by atoms with van der Waals surface area (Å²) in [7, 11) is 0. The van der Waals surface area contributed by atoms with E-state index in [4.69, 9.17) is 4.74 Å². The fourth-order valence-corrected chi connectivity index (χ4v) is 4.62. The molecule has 4 amide bonds. The van der Waals surface area contributed by atoms with E-state index >= 15 is 0 Å². The van der Waals surface area contributed by atoms with Gasteiger partial charge in [-0.2, -0.15) is 0 Å². The summed E-state index contributed by atoms with van der Waals surface area (Å²) in [5.41, 5.74) is -0.473. The quantitative estimate of drug-likeness (QED) is 0.803. The van der Waals surface area contributed by atoms with Crippen LogP contribution >= 0.6 is 0 Å². The standard InChI is InChI=1S/C20H25N3O4/c1-13-9-14(2)11-22(10-13)17(24)12-23-18(25)20(21-19(23)26)7-8-27-16-6-4-3-5-15(16)20/h3-6,13-14H,7-12H2,1-2H3,(H,21,26)/t13-,14+,20-/m1/s1. The van der Waals surface area contributed by atoms with Gasteiger partial charge in [-0.1, -0.05) is 32.0 Å². The number of nitrogens with one attached hydrogen (secondary N) is 1. The van der Waals surface area contributed by atoms with E-state index in [2.05, 4.69) is 19.2 Å². The van der Waals surface area contributed by atoms with Gasteiger partial charge in [0.1, 0.15) is 12.3 Å². The molecule has 4 rings (SSSR count). The van der Waals surface area contributed by atoms with E-state index in [1.54, 1.807) is 17.0 Å². The molecule has 0 saturated carbocycles. The van der Waals surface area contributed by atoms with Gasteiger partial charge in [0, 0.05) is 25.1 Å². The van der Waals surface area contributed by atoms with Crippen molar-refractivity contribution in [2.75, 3.05) is 26.2 Å². The lowest BCUT2D eigenvalue weighted by molar-refractivity contribution is -0.141. The number of hydrogen-bond acceptors (Lipinski definition) is 4. The first-order valence-corrected chi connectivity index (χ1v) is 9.55. The van der Waals surface area contributed by atoms with E-state index in [-0.39, 0.29) is 18.4 Å². The van der Waals surface area contributed by atoms with Crippen molar-refractivity contribution in [1.29, 1.82) is 0 Å². The van der Waals surface area contributed by atoms with Crippen LogP contribution in [0.1, 0.15) is 32.3 Å². The van der Waals surface area contributed by atoms with Gasteiger partial charge >= 0.3 is 6.03 Å². The monoisotopic (exact) mass is 371 g/mol. The molecule has 0 bridgehead atoms. The van der Waals surface area contributed by atoms with Gasteiger partial charge < -0.3 is 15.0 Å². The van der Waals surface area contributed by atoms with Crippen LogP contribution in [0.15, 0.2) is 24.3 Å². The minimum atomic E-state index is -1.13. The molecule has 2 fully saturated rings. The SMILES string of the molecule is C[C@@H]1C[C@H](C)CN(C(=O)CN2C(=O)N[C@@]3(CCOc4ccccc43)C2=O)C1. The first kappa shape index (κ1) is 17.8. The van der Waals surface area contributed by atoms with E-state index in [0.29, 0.717) is 49.3 Å². The molecule has 7 nitrogen and oxygen atoms in total. The van der Waals surface area contributed by atoms with Crippen LogP contribution in [0.2, 0.25) is 0 Å². The molecule has 1 aromatic carbocycles. The predicted molar refractivity (Wildman–Crippen MR) is 98.0 cm³/mol. The number of piperidine rings is 1. The number of carbonyl (C=O) groups is 3. The van der Waals surface area contributed by atoms with Crippen LogP contribution in [0.25, 0.3) is 0 Å². The Morgan fingerprint density at radius 2 is 1.93 bits per heavy atom. The van der Waals surface area contributed by atoms with Crippen molar-refractivity contribution in [3.8, 4) is 5.75 Å². The maximum atomic E-state index is 13.2. The van der Waals surface area contributed by atoms with Gasteiger partial charge in [-0.15, -0.1) is 0 Å². The molecule has 144 valence electrons. The number of benzene rings is 1. The third-order valence-electron chi connectivity index (χ3n) is 5.77. The smallest absolute Gasteiger partial charge is 0.325 e. The highest BCUT2D eigenvalue weighted by Crippen LogP contribution is 2.40. The molecule has 0 unspecified atom stereocenters. The van der Waals surface area contributed by atoms with Crippen molar-refractivity contribution in [2.45, 2.75) is 32.2 Å². The lowest BCUT2D eigenvalue weighted by Crippen LogP contribution is -2.50. The van der Waals surface area contributed by atoms with Crippen LogP contribution in [0.5, 0.6) is 5.75 Å². The lowest BCUT2D eigenvalue weighted by Gasteiger charge is -2.36. The molecule has 0 aromatic heterocycles. The van der Waals surface area contributed by atoms with Gasteiger partial charge in [0.05, 0.1) is 6.61 Å². The normalized spacial score (nSPS) is 30.1. The van der Waals surface area contributed by atoms with Gasteiger partial charge in [-0.05, 0) is 24.3 Å². The van der Waals surface area contributed by atoms with Crippen molar-refractivity contribution in [1.82, 2.24) is 15.1 Å². The highest BCUT2D eigenvalue weighted by atomic mass is 16.5. The first-order valence-electron chi connectivity index (χ1n) is 9.55. The third-order valence-corrected chi connectivity index (χ3v) is 5.77. The number of ether oxygens (including phenoxy) is 1. The zero-order valence-corrected chi connectivity index (χ0v) is 15.7. The molecule has 3 atom stereocenters. The number of hydrogen-bond donors (Lipinski definition) is 1. The van der Waals surface area contributed by atoms with Crippen LogP contribution in [-0.2, 0) is 15.1 Å². The molecule has 3 aliphatic rings. The molecule has 3 heterocycles. The topological polar surface area (TPSA) is 79.0 Å². The van der Waals surface area contributed by atoms with Crippen molar-refractivity contribution in [3.63, 3.8) is 0 Å². The zero-order valence-electron chi connectivity index (χ0n) is 15.7. The van der Waals surface area contributed by atoms with E-state index in [1.807, 2.05) is 12.1 Å². The summed E-state index contributed by atoms with van der Waals surface area (Å²) in [5.74, 6) is 0.914. The molecule has 0 aliphatic carbocycles. The summed E-state index contributed by atoms with van der Waals surface area (Å²) in [6, 6.07) is 6.73. The number of likely N-dealkylation sites (tertiary alicyclic amines) is 1. The summed E-state index contributed by atoms with van der Waals surface area (Å²) in [5, 5.41) is 2.84. The number of imide groups is 1. The average Bonchev–Trinajstić information content (AvgIpc) is 2.86. The van der Waals surface area contributed by atoms with Crippen molar-refractivity contribution >= 4 is 17.8 Å². The number of carbonyl (C=O) groups excluding carboxylic acids is 3. The Balaban J connectivity index is 1.55. The van der Waals surface area contributed by atoms with Crippen molar-refractivity contribution in [3.05, 3.63) is 29.8 Å². The second kappa shape index (κ2) is 6.55. The molecular weight excluding hydrogens is 346 g/mol. The molecule has 1 spiro atoms. The zero-order chi connectivity index (χ0) is 19.2. The van der Waals surface area contributed by atoms with Crippen molar-refractivity contribution in [2.24, 2.45) is 11.8 Å². The maximum Gasteiger partial charge on any atom is 0.325 e. The van der Waals surface area contributed by atoms with Crippen LogP contribution < -0.4 is 10.1 Å². The predicted octanol–water partition coefficient (Wildman–Crippen LogP) is 1.72. The fraction of sp³-hybridized carbons (Fsp3) is 0.550. The Bertz CT molecular complexity index is 785. The Morgan fingerprint density at radius 1 is 1.22 bits per heavy atom. The van der Waals surface area contributed by atoms with Gasteiger partial charge in [0.15, 0.2) is 5.54 Å². The maximum absolute atomic E-state index is 13.2. The summed E-state index contributed by atoms with van der Waals surface area (Å²) < 4.78 is 5.63. The molecule has 1 aromatic rings. The Kier molecular flexibility index (Phi) is 4.32. The molecular formula is C20H25N3O4. The van der Waals surface area contributed by atoms with Gasteiger partial charge in [0.2, 0.25) is 5.91 Å². The third kappa shape index (κ3) is 2.95. The van der Waals surface area contributed by atoms with E-state index in [0.717, 1.165) is 11.3 Å². The van der Waals surface area contributed by atoms with E-state index in [1.165, 1.54) is 0 Å². The number of para-hydroxylation sites is 1. The average molecular weight is 371 g/mol. The van der Waals surface area contributed by atoms with Crippen molar-refractivity contribution < 1.29 is 19.1 Å². The Hall–Kier alpha value is -2.57. The van der Waals surface area contributed by atoms with Gasteiger partial charge in [-0.25, -0.2) is 4.79 Å². The lowest BCUT2D eigenvalue weighted by atomic mass is 9.84. The summed E-state index contributed by atoms with van der Waals surface area (Å²) >= 11 is 0. The fourth-order valence-electron chi connectivity index (χ4n) is 4.62. The highest BCUT2D eigenvalue weighted by Gasteiger charge is 2.55. The van der Waals surface area contributed by atoms with Crippen LogP contribution in [0.3, 0.4) is 0 Å². The Morgan fingerprint density at radius 3 is 2.67 bits per heavy atom. The molecule has 0 radical (unpaired) electrons. The number of rotatable bonds is 2. The van der Waals surface area contributed by atoms with Gasteiger partial charge in [0.25, 0.3) is 5.91 Å². The molecule has 2 saturated heterocycles. The first-order chi connectivity index (χ1) is 12.9. The largest absolute Gasteiger partial charge is 0.493 e. The van der Waals surface area contributed by atoms with Gasteiger partial charge in [-0.3, -0.25) is 14.5 Å². The summed E-state index contributed by atoms with van der Waals surface area (Å²) in [4.78, 5) is 41.4. The second-order valence-electron chi connectivity index (χ2n) is 8.07. The molecule has 1 N–H and O–H groups in total. The molecule has 3 aliphatic heterocycles. The van der Waals surface area contributed by atoms with E-state index in [9.17, 15) is 14.4 Å². The second-order valence-corrected chi connectivity index (χ2v) is 8.07. The summed E-state index contributed by atoms with van der Waals surface area (Å²) in [6.07, 6.45) is 1.45. The molecule has 27 heavy (non-hydrogen) atoms. The van der Waals surface area contributed by atoms with E-state index < -0.39 is 11.6 Å². The minimum absolute atomic E-state index is 0.172. The Labute approximate surface area is 158 Å². The molecule has 7 heteroatoms. The number of urea groups is 1. The van der Waals surface area contributed by atoms with Crippen LogP contribution in [0.4, 0.5) is 4.79 Å². The number of fused-ring (bicyclic) bond motifs is 2. The summed E-state index contributed by atoms with van der Waals surface area (Å²) in [6.45, 7) is 5.72. The van der Waals surface area contributed by atoms with Crippen LogP contribution in [0, 0.1) is 11.8 Å². The number of nitrogens with zero attached hydrogens (tertiary/aromatic N) is 2. The van der Waals surface area contributed by atoms with Crippen LogP contribution in [-0.4, -0.2) is 53.9 Å². The highest BCUT2D eigenvalue weighted by molar-refractivity contribution is 6.09.